The molecule has 1 rings (SSSR count). The van der Waals surface area contributed by atoms with Crippen molar-refractivity contribution < 1.29 is 24.5 Å². The van der Waals surface area contributed by atoms with E-state index in [1.807, 2.05) is 0 Å². The molecule has 0 amide bonds. The van der Waals surface area contributed by atoms with Gasteiger partial charge in [-0.2, -0.15) is 0 Å². The quantitative estimate of drug-likeness (QED) is 0.766. The van der Waals surface area contributed by atoms with Gasteiger partial charge < -0.3 is 19.7 Å². The first-order chi connectivity index (χ1) is 7.60. The molecule has 16 heavy (non-hydrogen) atoms. The smallest absolute Gasteiger partial charge is 0.306 e. The topological polar surface area (TPSA) is 88.9 Å². The highest BCUT2D eigenvalue weighted by Gasteiger charge is 2.21. The molecule has 0 saturated carbocycles. The van der Waals surface area contributed by atoms with Crippen molar-refractivity contribution in [3.63, 3.8) is 0 Å². The fourth-order valence-corrected chi connectivity index (χ4v) is 1.35. The van der Waals surface area contributed by atoms with E-state index in [1.54, 1.807) is 0 Å². The zero-order chi connectivity index (χ0) is 12.1. The van der Waals surface area contributed by atoms with Crippen molar-refractivity contribution in [2.75, 3.05) is 14.2 Å². The molecule has 1 heterocycles. The number of hydrogen-bond donors (Lipinski definition) is 2. The molecule has 0 spiro atoms. The maximum Gasteiger partial charge on any atom is 0.306 e. The van der Waals surface area contributed by atoms with Crippen LogP contribution in [0.25, 0.3) is 0 Å². The number of aliphatic hydroxyl groups is 1. The summed E-state index contributed by atoms with van der Waals surface area (Å²) < 4.78 is 9.99. The highest BCUT2D eigenvalue weighted by atomic mass is 16.5. The number of methoxy groups -OCH3 is 2. The monoisotopic (exact) mass is 227 g/mol. The lowest BCUT2D eigenvalue weighted by Gasteiger charge is -2.15. The number of aromatic nitrogens is 1. The zero-order valence-electron chi connectivity index (χ0n) is 9.01. The predicted molar refractivity (Wildman–Crippen MR) is 54.6 cm³/mol. The van der Waals surface area contributed by atoms with Crippen molar-refractivity contribution in [1.82, 2.24) is 4.98 Å². The van der Waals surface area contributed by atoms with Gasteiger partial charge in [-0.25, -0.2) is 0 Å². The van der Waals surface area contributed by atoms with Crippen molar-refractivity contribution in [2.45, 2.75) is 12.5 Å². The van der Waals surface area contributed by atoms with Gasteiger partial charge in [-0.1, -0.05) is 0 Å². The third-order valence-corrected chi connectivity index (χ3v) is 2.06. The molecular formula is C10H13NO5. The van der Waals surface area contributed by atoms with Crippen LogP contribution in [0.3, 0.4) is 0 Å². The molecule has 1 atom stereocenters. The van der Waals surface area contributed by atoms with Crippen molar-refractivity contribution in [2.24, 2.45) is 0 Å². The summed E-state index contributed by atoms with van der Waals surface area (Å²) in [5.74, 6) is -0.505. The van der Waals surface area contributed by atoms with Crippen molar-refractivity contribution in [1.29, 1.82) is 0 Å². The summed E-state index contributed by atoms with van der Waals surface area (Å²) in [5.41, 5.74) is 0.294. The van der Waals surface area contributed by atoms with E-state index in [0.717, 1.165) is 0 Å². The van der Waals surface area contributed by atoms with E-state index in [0.29, 0.717) is 17.1 Å². The minimum absolute atomic E-state index is 0.294. The van der Waals surface area contributed by atoms with Crippen molar-refractivity contribution in [3.8, 4) is 11.5 Å². The Kier molecular flexibility index (Phi) is 4.07. The number of ether oxygens (including phenoxy) is 2. The molecule has 88 valence electrons. The SMILES string of the molecule is COc1cncc(OC)c1[C@@H](O)CC(=O)O. The summed E-state index contributed by atoms with van der Waals surface area (Å²) in [6.07, 6.45) is 1.17. The number of carbonyl (C=O) groups is 1. The first-order valence-corrected chi connectivity index (χ1v) is 4.55. The van der Waals surface area contributed by atoms with Gasteiger partial charge in [0.05, 0.1) is 44.7 Å². The maximum absolute atomic E-state index is 10.5. The highest BCUT2D eigenvalue weighted by Crippen LogP contribution is 2.34. The first kappa shape index (κ1) is 12.3. The second kappa shape index (κ2) is 5.32. The molecule has 0 aliphatic carbocycles. The fourth-order valence-electron chi connectivity index (χ4n) is 1.35. The summed E-state index contributed by atoms with van der Waals surface area (Å²) in [4.78, 5) is 14.4. The number of carboxylic acid groups (broad SMARTS) is 1. The van der Waals surface area contributed by atoms with Crippen LogP contribution in [0.2, 0.25) is 0 Å². The summed E-state index contributed by atoms with van der Waals surface area (Å²) in [6.45, 7) is 0. The summed E-state index contributed by atoms with van der Waals surface area (Å²) in [5, 5.41) is 18.4. The van der Waals surface area contributed by atoms with Gasteiger partial charge in [0, 0.05) is 0 Å². The third-order valence-electron chi connectivity index (χ3n) is 2.06. The highest BCUT2D eigenvalue weighted by molar-refractivity contribution is 5.68. The van der Waals surface area contributed by atoms with Crippen LogP contribution in [0.15, 0.2) is 12.4 Å². The normalized spacial score (nSPS) is 11.9. The second-order valence-electron chi connectivity index (χ2n) is 3.07. The molecule has 6 heteroatoms. The van der Waals surface area contributed by atoms with Crippen LogP contribution in [-0.2, 0) is 4.79 Å². The number of rotatable bonds is 5. The third kappa shape index (κ3) is 2.60. The molecule has 0 fully saturated rings. The molecule has 1 aromatic rings. The van der Waals surface area contributed by atoms with Gasteiger partial charge in [-0.3, -0.25) is 9.78 Å². The van der Waals surface area contributed by atoms with E-state index in [2.05, 4.69) is 4.98 Å². The Morgan fingerprint density at radius 2 is 1.88 bits per heavy atom. The van der Waals surface area contributed by atoms with Gasteiger partial charge in [0.25, 0.3) is 0 Å². The molecule has 0 aliphatic rings. The Labute approximate surface area is 92.5 Å². The Morgan fingerprint density at radius 3 is 2.25 bits per heavy atom. The molecule has 0 saturated heterocycles. The fraction of sp³-hybridized carbons (Fsp3) is 0.400. The Balaban J connectivity index is 3.12. The number of aliphatic hydroxyl groups excluding tert-OH is 1. The Hall–Kier alpha value is -1.82. The lowest BCUT2D eigenvalue weighted by Crippen LogP contribution is -2.09. The average molecular weight is 227 g/mol. The Bertz CT molecular complexity index is 357. The van der Waals surface area contributed by atoms with E-state index < -0.39 is 18.5 Å². The number of hydrogen-bond acceptors (Lipinski definition) is 5. The average Bonchev–Trinajstić information content (AvgIpc) is 2.26. The number of carboxylic acids is 1. The minimum Gasteiger partial charge on any atom is -0.495 e. The van der Waals surface area contributed by atoms with Gasteiger partial charge >= 0.3 is 5.97 Å². The molecule has 0 aromatic carbocycles. The molecule has 2 N–H and O–H groups in total. The zero-order valence-corrected chi connectivity index (χ0v) is 9.01. The van der Waals surface area contributed by atoms with E-state index in [9.17, 15) is 9.90 Å². The van der Waals surface area contributed by atoms with Gasteiger partial charge in [0.1, 0.15) is 11.5 Å². The van der Waals surface area contributed by atoms with Crippen molar-refractivity contribution >= 4 is 5.97 Å². The molecule has 0 bridgehead atoms. The van der Waals surface area contributed by atoms with E-state index in [4.69, 9.17) is 14.6 Å². The maximum atomic E-state index is 10.5. The standard InChI is InChI=1S/C10H13NO5/c1-15-7-4-11-5-8(16-2)10(7)6(12)3-9(13)14/h4-6,12H,3H2,1-2H3,(H,13,14)/t6-/m0/s1. The van der Waals surface area contributed by atoms with Crippen LogP contribution in [0, 0.1) is 0 Å². The molecule has 0 radical (unpaired) electrons. The predicted octanol–water partition coefficient (Wildman–Crippen LogP) is 0.607. The largest absolute Gasteiger partial charge is 0.495 e. The summed E-state index contributed by atoms with van der Waals surface area (Å²) in [7, 11) is 2.82. The van der Waals surface area contributed by atoms with Crippen LogP contribution in [-0.4, -0.2) is 35.4 Å². The van der Waals surface area contributed by atoms with Gasteiger partial charge in [0.2, 0.25) is 0 Å². The van der Waals surface area contributed by atoms with Crippen LogP contribution in [0.1, 0.15) is 18.1 Å². The van der Waals surface area contributed by atoms with Crippen LogP contribution in [0.4, 0.5) is 0 Å². The van der Waals surface area contributed by atoms with Crippen molar-refractivity contribution in [3.05, 3.63) is 18.0 Å². The van der Waals surface area contributed by atoms with Gasteiger partial charge in [0.15, 0.2) is 0 Å². The van der Waals surface area contributed by atoms with E-state index in [1.165, 1.54) is 26.6 Å². The van der Waals surface area contributed by atoms with Gasteiger partial charge in [-0.05, 0) is 0 Å². The van der Waals surface area contributed by atoms with Crippen LogP contribution in [0.5, 0.6) is 11.5 Å². The molecule has 0 aliphatic heterocycles. The second-order valence-corrected chi connectivity index (χ2v) is 3.07. The number of aliphatic carboxylic acids is 1. The lowest BCUT2D eigenvalue weighted by molar-refractivity contribution is -0.139. The van der Waals surface area contributed by atoms with E-state index in [-0.39, 0.29) is 0 Å². The summed E-state index contributed by atoms with van der Waals surface area (Å²) >= 11 is 0. The van der Waals surface area contributed by atoms with Gasteiger partial charge in [-0.15, -0.1) is 0 Å². The minimum atomic E-state index is -1.19. The Morgan fingerprint density at radius 1 is 1.38 bits per heavy atom. The molecule has 6 nitrogen and oxygen atoms in total. The summed E-state index contributed by atoms with van der Waals surface area (Å²) in [6, 6.07) is 0. The van der Waals surface area contributed by atoms with Crippen LogP contribution >= 0.6 is 0 Å². The molecule has 0 unspecified atom stereocenters. The van der Waals surface area contributed by atoms with Crippen LogP contribution < -0.4 is 9.47 Å². The number of nitrogens with zero attached hydrogens (tertiary/aromatic N) is 1. The first-order valence-electron chi connectivity index (χ1n) is 4.55. The molecule has 1 aromatic heterocycles. The molecular weight excluding hydrogens is 214 g/mol. The number of pyridine rings is 1. The van der Waals surface area contributed by atoms with E-state index >= 15 is 0 Å². The lowest BCUT2D eigenvalue weighted by atomic mass is 10.1.